The summed E-state index contributed by atoms with van der Waals surface area (Å²) in [5.41, 5.74) is 0. The van der Waals surface area contributed by atoms with Gasteiger partial charge in [-0.15, -0.1) is 0 Å². The van der Waals surface area contributed by atoms with Gasteiger partial charge in [0.05, 0.1) is 26.4 Å². The number of allylic oxidation sites excluding steroid dienone is 4. The van der Waals surface area contributed by atoms with E-state index in [9.17, 15) is 43.2 Å². The first-order valence-electron chi connectivity index (χ1n) is 40.8. The highest BCUT2D eigenvalue weighted by Crippen LogP contribution is 2.45. The average molecular weight is 1450 g/mol. The molecule has 0 heterocycles. The Labute approximate surface area is 605 Å². The van der Waals surface area contributed by atoms with Gasteiger partial charge >= 0.3 is 39.5 Å². The van der Waals surface area contributed by atoms with Crippen LogP contribution < -0.4 is 0 Å². The Morgan fingerprint density at radius 1 is 0.333 bits per heavy atom. The predicted molar refractivity (Wildman–Crippen MR) is 404 cm³/mol. The maximum Gasteiger partial charge on any atom is 0.472 e. The van der Waals surface area contributed by atoms with Crippen LogP contribution in [-0.4, -0.2) is 96.7 Å². The fraction of sp³-hybridized carbons (Fsp3) is 0.900. The lowest BCUT2D eigenvalue weighted by Gasteiger charge is -2.21. The van der Waals surface area contributed by atoms with Crippen LogP contribution in [0.3, 0.4) is 0 Å². The van der Waals surface area contributed by atoms with E-state index in [-0.39, 0.29) is 25.7 Å². The first-order chi connectivity index (χ1) is 47.9. The molecule has 0 saturated heterocycles. The zero-order chi connectivity index (χ0) is 72.8. The SMILES string of the molecule is CCCCCC/C=C\C=C/CCCCCCCC(=O)O[C@H](COC(=O)CCCCCCCCCC(C)C)COP(=O)(O)OC[C@H](O)COP(=O)(O)OC[C@@H](COC(=O)CCCCCCCCCCCCCCCCCC)OC(=O)CCCCCCCCCCCCCCCCC(C)CC. The van der Waals surface area contributed by atoms with Gasteiger partial charge in [-0.25, -0.2) is 9.13 Å². The second kappa shape index (κ2) is 71.2. The number of phosphoric ester groups is 2. The van der Waals surface area contributed by atoms with Crippen LogP contribution in [0.1, 0.15) is 395 Å². The molecule has 0 rings (SSSR count). The van der Waals surface area contributed by atoms with Crippen molar-refractivity contribution in [2.24, 2.45) is 11.8 Å². The second-order valence-electron chi connectivity index (χ2n) is 28.8. The summed E-state index contributed by atoms with van der Waals surface area (Å²) in [4.78, 5) is 72.9. The van der Waals surface area contributed by atoms with E-state index in [0.717, 1.165) is 115 Å². The summed E-state index contributed by atoms with van der Waals surface area (Å²) in [6.07, 6.45) is 63.2. The summed E-state index contributed by atoms with van der Waals surface area (Å²) in [5, 5.41) is 10.6. The van der Waals surface area contributed by atoms with Gasteiger partial charge in [0.2, 0.25) is 0 Å². The maximum absolute atomic E-state index is 13.1. The molecule has 0 aliphatic heterocycles. The Morgan fingerprint density at radius 2 is 0.596 bits per heavy atom. The number of aliphatic hydroxyl groups excluding tert-OH is 1. The van der Waals surface area contributed by atoms with Gasteiger partial charge < -0.3 is 33.8 Å². The Balaban J connectivity index is 5.28. The lowest BCUT2D eigenvalue weighted by Crippen LogP contribution is -2.30. The third kappa shape index (κ3) is 72.3. The molecule has 3 N–H and O–H groups in total. The lowest BCUT2D eigenvalue weighted by molar-refractivity contribution is -0.161. The van der Waals surface area contributed by atoms with E-state index in [0.29, 0.717) is 31.6 Å². The van der Waals surface area contributed by atoms with E-state index in [1.165, 1.54) is 193 Å². The van der Waals surface area contributed by atoms with E-state index < -0.39 is 97.5 Å². The van der Waals surface area contributed by atoms with E-state index in [1.807, 2.05) is 0 Å². The van der Waals surface area contributed by atoms with Crippen LogP contribution >= 0.6 is 15.6 Å². The number of rotatable bonds is 77. The highest BCUT2D eigenvalue weighted by Gasteiger charge is 2.30. The van der Waals surface area contributed by atoms with E-state index in [1.54, 1.807) is 0 Å². The normalized spacial score (nSPS) is 14.4. The van der Waals surface area contributed by atoms with Crippen molar-refractivity contribution >= 4 is 39.5 Å². The standard InChI is InChI=1S/C80H152O17P2/c1-7-10-12-14-16-18-20-22-24-26-30-34-38-44-50-56-62-77(82)90-68-75(96-79(84)65-59-53-46-40-36-32-28-27-29-33-37-43-49-55-61-73(6)9-3)70-94-98(86,87)92-66-74(81)67-93-99(88,89)95-71-76(69-91-78(83)63-57-51-47-41-42-48-54-60-72(4)5)97-80(85)64-58-52-45-39-35-31-25-23-21-19-17-15-13-11-8-2/h19,21,23,25,72-76,81H,7-18,20,22,24,26-71H2,1-6H3,(H,86,87)(H,88,89)/b21-19-,25-23-/t73?,74-,75-,76-/m1/s1. The zero-order valence-electron chi connectivity index (χ0n) is 64.3. The smallest absolute Gasteiger partial charge is 0.462 e. The molecule has 0 aromatic heterocycles. The number of esters is 4. The summed E-state index contributed by atoms with van der Waals surface area (Å²) in [7, 11) is -9.93. The monoisotopic (exact) mass is 1450 g/mol. The van der Waals surface area contributed by atoms with Crippen molar-refractivity contribution in [3.63, 3.8) is 0 Å². The third-order valence-corrected chi connectivity index (χ3v) is 20.3. The molecule has 0 aromatic rings. The van der Waals surface area contributed by atoms with Gasteiger partial charge in [-0.2, -0.15) is 0 Å². The number of ether oxygens (including phenoxy) is 4. The van der Waals surface area contributed by atoms with Crippen LogP contribution in [-0.2, 0) is 65.4 Å². The summed E-state index contributed by atoms with van der Waals surface area (Å²) < 4.78 is 68.6. The minimum atomic E-state index is -4.97. The van der Waals surface area contributed by atoms with Crippen molar-refractivity contribution in [3.8, 4) is 0 Å². The maximum atomic E-state index is 13.1. The van der Waals surface area contributed by atoms with Crippen molar-refractivity contribution < 1.29 is 80.2 Å². The molecule has 99 heavy (non-hydrogen) atoms. The molecule has 0 spiro atoms. The zero-order valence-corrected chi connectivity index (χ0v) is 66.1. The molecule has 19 heteroatoms. The number of carbonyl (C=O) groups is 4. The molecule has 584 valence electrons. The number of unbranched alkanes of at least 4 members (excludes halogenated alkanes) is 43. The molecule has 0 amide bonds. The first kappa shape index (κ1) is 96.5. The van der Waals surface area contributed by atoms with Gasteiger partial charge in [0.15, 0.2) is 12.2 Å². The fourth-order valence-electron chi connectivity index (χ4n) is 11.8. The Morgan fingerprint density at radius 3 is 0.909 bits per heavy atom. The van der Waals surface area contributed by atoms with E-state index in [2.05, 4.69) is 65.8 Å². The molecule has 0 aliphatic carbocycles. The Hall–Kier alpha value is -2.46. The molecule has 0 bridgehead atoms. The Bertz CT molecular complexity index is 2000. The molecular formula is C80H152O17P2. The van der Waals surface area contributed by atoms with Crippen LogP contribution in [0.25, 0.3) is 0 Å². The van der Waals surface area contributed by atoms with Crippen LogP contribution in [0.4, 0.5) is 0 Å². The fourth-order valence-corrected chi connectivity index (χ4v) is 13.4. The predicted octanol–water partition coefficient (Wildman–Crippen LogP) is 23.4. The van der Waals surface area contributed by atoms with Gasteiger partial charge in [0.1, 0.15) is 19.3 Å². The van der Waals surface area contributed by atoms with Gasteiger partial charge in [0.25, 0.3) is 0 Å². The minimum absolute atomic E-state index is 0.0844. The van der Waals surface area contributed by atoms with Gasteiger partial charge in [-0.3, -0.25) is 37.3 Å². The van der Waals surface area contributed by atoms with Crippen molar-refractivity contribution in [1.29, 1.82) is 0 Å². The van der Waals surface area contributed by atoms with Crippen molar-refractivity contribution in [2.45, 2.75) is 413 Å². The molecule has 3 unspecified atom stereocenters. The van der Waals surface area contributed by atoms with E-state index >= 15 is 0 Å². The third-order valence-electron chi connectivity index (χ3n) is 18.4. The number of hydrogen-bond acceptors (Lipinski definition) is 15. The van der Waals surface area contributed by atoms with Crippen molar-refractivity contribution in [2.75, 3.05) is 39.6 Å². The van der Waals surface area contributed by atoms with Crippen LogP contribution in [0.2, 0.25) is 0 Å². The molecule has 0 saturated carbocycles. The number of phosphoric acid groups is 2. The summed E-state index contributed by atoms with van der Waals surface area (Å²) in [5.74, 6) is -0.595. The van der Waals surface area contributed by atoms with Gasteiger partial charge in [-0.05, 0) is 63.2 Å². The molecule has 0 aromatic carbocycles. The number of carbonyl (C=O) groups excluding carboxylic acids is 4. The highest BCUT2D eigenvalue weighted by atomic mass is 31.2. The Kier molecular flexibility index (Phi) is 69.4. The van der Waals surface area contributed by atoms with E-state index in [4.69, 9.17) is 37.0 Å². The van der Waals surface area contributed by atoms with Gasteiger partial charge in [-0.1, -0.05) is 342 Å². The van der Waals surface area contributed by atoms with Crippen molar-refractivity contribution in [1.82, 2.24) is 0 Å². The average Bonchev–Trinajstić information content (AvgIpc) is 0.979. The molecular weight excluding hydrogens is 1290 g/mol. The summed E-state index contributed by atoms with van der Waals surface area (Å²) >= 11 is 0. The molecule has 17 nitrogen and oxygen atoms in total. The molecule has 0 aliphatic rings. The number of aliphatic hydroxyl groups is 1. The molecule has 0 radical (unpaired) electrons. The topological polar surface area (TPSA) is 237 Å². The van der Waals surface area contributed by atoms with Crippen LogP contribution in [0, 0.1) is 11.8 Å². The lowest BCUT2D eigenvalue weighted by atomic mass is 9.99. The second-order valence-corrected chi connectivity index (χ2v) is 31.7. The summed E-state index contributed by atoms with van der Waals surface area (Å²) in [6.45, 7) is 9.56. The molecule has 0 fully saturated rings. The number of hydrogen-bond donors (Lipinski definition) is 3. The van der Waals surface area contributed by atoms with Crippen molar-refractivity contribution in [3.05, 3.63) is 24.3 Å². The first-order valence-corrected chi connectivity index (χ1v) is 43.8. The summed E-state index contributed by atoms with van der Waals surface area (Å²) in [6, 6.07) is 0. The minimum Gasteiger partial charge on any atom is -0.462 e. The van der Waals surface area contributed by atoms with Gasteiger partial charge in [0, 0.05) is 25.7 Å². The van der Waals surface area contributed by atoms with Crippen LogP contribution in [0.5, 0.6) is 0 Å². The largest absolute Gasteiger partial charge is 0.472 e. The highest BCUT2D eigenvalue weighted by molar-refractivity contribution is 7.47. The quantitative estimate of drug-likeness (QED) is 0.0169. The molecule has 6 atom stereocenters. The van der Waals surface area contributed by atoms with Crippen LogP contribution in [0.15, 0.2) is 24.3 Å².